The van der Waals surface area contributed by atoms with Crippen molar-refractivity contribution < 1.29 is 17.9 Å². The topological polar surface area (TPSA) is 28.6 Å². The minimum atomic E-state index is -4.42. The summed E-state index contributed by atoms with van der Waals surface area (Å²) in [6.45, 7) is 4.63. The number of rotatable bonds is 7. The number of benzene rings is 2. The van der Waals surface area contributed by atoms with Crippen LogP contribution in [0.4, 0.5) is 13.2 Å². The van der Waals surface area contributed by atoms with Gasteiger partial charge in [-0.2, -0.15) is 13.2 Å². The van der Waals surface area contributed by atoms with Crippen LogP contribution in [0.1, 0.15) is 29.3 Å². The molecule has 2 aliphatic heterocycles. The normalized spacial score (nSPS) is 21.8. The molecule has 3 heterocycles. The summed E-state index contributed by atoms with van der Waals surface area (Å²) in [7, 11) is 0. The van der Waals surface area contributed by atoms with Gasteiger partial charge in [-0.15, -0.1) is 0 Å². The van der Waals surface area contributed by atoms with Crippen LogP contribution in [0, 0.1) is 11.8 Å². The van der Waals surface area contributed by atoms with Gasteiger partial charge in [0.15, 0.2) is 0 Å². The summed E-state index contributed by atoms with van der Waals surface area (Å²) in [5.41, 5.74) is 1.47. The average molecular weight is 516 g/mol. The van der Waals surface area contributed by atoms with Gasteiger partial charge in [0.25, 0.3) is 0 Å². The Bertz CT molecular complexity index is 1140. The van der Waals surface area contributed by atoms with E-state index in [1.807, 2.05) is 30.5 Å². The zero-order valence-corrected chi connectivity index (χ0v) is 20.6. The van der Waals surface area contributed by atoms with E-state index in [-0.39, 0.29) is 18.4 Å². The van der Waals surface area contributed by atoms with E-state index in [2.05, 4.69) is 33.0 Å². The zero-order chi connectivity index (χ0) is 25.1. The fourth-order valence-electron chi connectivity index (χ4n) is 5.56. The van der Waals surface area contributed by atoms with Gasteiger partial charge in [0.05, 0.1) is 17.3 Å². The smallest absolute Gasteiger partial charge is 0.419 e. The highest BCUT2D eigenvalue weighted by atomic mass is 35.5. The molecule has 0 radical (unpaired) electrons. The molecule has 3 atom stereocenters. The number of nitrogens with zero attached hydrogens (tertiary/aromatic N) is 3. The number of pyridine rings is 1. The average Bonchev–Trinajstić information content (AvgIpc) is 3.28. The van der Waals surface area contributed by atoms with Gasteiger partial charge in [0.2, 0.25) is 0 Å². The monoisotopic (exact) mass is 515 g/mol. The van der Waals surface area contributed by atoms with Crippen LogP contribution in [-0.2, 0) is 6.18 Å². The lowest BCUT2D eigenvalue weighted by atomic mass is 9.89. The predicted molar refractivity (Wildman–Crippen MR) is 134 cm³/mol. The second-order valence-electron chi connectivity index (χ2n) is 9.61. The van der Waals surface area contributed by atoms with Crippen molar-refractivity contribution in [1.29, 1.82) is 0 Å². The van der Waals surface area contributed by atoms with Crippen molar-refractivity contribution in [2.45, 2.75) is 18.6 Å². The largest absolute Gasteiger partial charge is 0.492 e. The van der Waals surface area contributed by atoms with Crippen LogP contribution < -0.4 is 4.74 Å². The molecule has 0 N–H and O–H groups in total. The van der Waals surface area contributed by atoms with Crippen LogP contribution in [0.5, 0.6) is 5.75 Å². The Morgan fingerprint density at radius 2 is 1.69 bits per heavy atom. The number of ether oxygens (including phenoxy) is 1. The molecule has 190 valence electrons. The van der Waals surface area contributed by atoms with E-state index in [1.165, 1.54) is 17.7 Å². The third-order valence-electron chi connectivity index (χ3n) is 7.29. The fourth-order valence-corrected chi connectivity index (χ4v) is 5.68. The van der Waals surface area contributed by atoms with Gasteiger partial charge < -0.3 is 4.74 Å². The maximum atomic E-state index is 13.2. The van der Waals surface area contributed by atoms with E-state index in [4.69, 9.17) is 16.3 Å². The third kappa shape index (κ3) is 5.69. The lowest BCUT2D eigenvalue weighted by Gasteiger charge is -2.34. The van der Waals surface area contributed by atoms with Crippen molar-refractivity contribution in [2.75, 3.05) is 39.3 Å². The maximum absolute atomic E-state index is 13.2. The van der Waals surface area contributed by atoms with Crippen LogP contribution in [-0.4, -0.2) is 54.1 Å². The first-order valence-electron chi connectivity index (χ1n) is 12.3. The Balaban J connectivity index is 1.22. The highest BCUT2D eigenvalue weighted by Crippen LogP contribution is 2.39. The fraction of sp³-hybridized carbons (Fsp3) is 0.393. The number of aromatic nitrogens is 1. The van der Waals surface area contributed by atoms with E-state index in [1.54, 1.807) is 6.07 Å². The van der Waals surface area contributed by atoms with Crippen LogP contribution in [0.3, 0.4) is 0 Å². The quantitative estimate of drug-likeness (QED) is 0.376. The SMILES string of the molecule is FC(F)(F)c1ccccc1OCCN1CCC2CN(C(c3ccc(Cl)cc3)c3ccccn3)CC2C1. The molecular weight excluding hydrogens is 487 g/mol. The standard InChI is InChI=1S/C28H29ClF3N3O/c29-23-10-8-20(9-11-23)27(25-6-3-4-13-33-25)35-18-21-12-14-34(17-22(21)19-35)15-16-36-26-7-2-1-5-24(26)28(30,31)32/h1-11,13,21-22,27H,12,14-19H2. The number of alkyl halides is 3. The van der Waals surface area contributed by atoms with Gasteiger partial charge in [-0.25, -0.2) is 0 Å². The molecule has 3 aromatic rings. The van der Waals surface area contributed by atoms with Crippen LogP contribution >= 0.6 is 11.6 Å². The molecule has 2 aliphatic rings. The summed E-state index contributed by atoms with van der Waals surface area (Å²) >= 11 is 6.15. The lowest BCUT2D eigenvalue weighted by Crippen LogP contribution is -2.41. The van der Waals surface area contributed by atoms with Gasteiger partial charge in [0.1, 0.15) is 12.4 Å². The minimum absolute atomic E-state index is 0.0599. The Kier molecular flexibility index (Phi) is 7.51. The molecule has 8 heteroatoms. The molecule has 0 amide bonds. The molecule has 2 aromatic carbocycles. The molecule has 1 aromatic heterocycles. The Morgan fingerprint density at radius 3 is 2.44 bits per heavy atom. The van der Waals surface area contributed by atoms with Crippen molar-refractivity contribution in [2.24, 2.45) is 11.8 Å². The van der Waals surface area contributed by atoms with Crippen molar-refractivity contribution >= 4 is 11.6 Å². The van der Waals surface area contributed by atoms with Gasteiger partial charge in [0, 0.05) is 37.4 Å². The van der Waals surface area contributed by atoms with Gasteiger partial charge in [-0.05, 0) is 66.8 Å². The Morgan fingerprint density at radius 1 is 0.944 bits per heavy atom. The summed E-state index contributed by atoms with van der Waals surface area (Å²) < 4.78 is 45.3. The van der Waals surface area contributed by atoms with Gasteiger partial charge in [-0.3, -0.25) is 14.8 Å². The van der Waals surface area contributed by atoms with Crippen molar-refractivity contribution in [3.63, 3.8) is 0 Å². The summed E-state index contributed by atoms with van der Waals surface area (Å²) in [4.78, 5) is 9.50. The Labute approximate surface area is 214 Å². The van der Waals surface area contributed by atoms with E-state index in [9.17, 15) is 13.2 Å². The molecule has 2 saturated heterocycles. The molecule has 36 heavy (non-hydrogen) atoms. The second kappa shape index (κ2) is 10.8. The highest BCUT2D eigenvalue weighted by Gasteiger charge is 2.40. The number of halogens is 4. The number of likely N-dealkylation sites (tertiary alicyclic amines) is 2. The third-order valence-corrected chi connectivity index (χ3v) is 7.54. The summed E-state index contributed by atoms with van der Waals surface area (Å²) in [6.07, 6.45) is -1.52. The molecule has 0 spiro atoms. The van der Waals surface area contributed by atoms with Gasteiger partial charge >= 0.3 is 6.18 Å². The lowest BCUT2D eigenvalue weighted by molar-refractivity contribution is -0.139. The van der Waals surface area contributed by atoms with E-state index < -0.39 is 11.7 Å². The van der Waals surface area contributed by atoms with Crippen molar-refractivity contribution in [1.82, 2.24) is 14.8 Å². The second-order valence-corrected chi connectivity index (χ2v) is 10.1. The molecule has 2 fully saturated rings. The van der Waals surface area contributed by atoms with Crippen molar-refractivity contribution in [3.05, 3.63) is 94.8 Å². The summed E-state index contributed by atoms with van der Waals surface area (Å²) in [5.74, 6) is 0.986. The molecule has 0 aliphatic carbocycles. The van der Waals surface area contributed by atoms with E-state index in [0.29, 0.717) is 23.4 Å². The number of piperidine rings is 1. The van der Waals surface area contributed by atoms with Crippen LogP contribution in [0.2, 0.25) is 5.02 Å². The first-order chi connectivity index (χ1) is 17.4. The number of fused-ring (bicyclic) bond motifs is 1. The molecule has 0 saturated carbocycles. The summed E-state index contributed by atoms with van der Waals surface area (Å²) in [5, 5.41) is 0.712. The van der Waals surface area contributed by atoms with E-state index >= 15 is 0 Å². The zero-order valence-electron chi connectivity index (χ0n) is 19.9. The first-order valence-corrected chi connectivity index (χ1v) is 12.7. The van der Waals surface area contributed by atoms with Gasteiger partial charge in [-0.1, -0.05) is 41.9 Å². The minimum Gasteiger partial charge on any atom is -0.492 e. The first kappa shape index (κ1) is 25.1. The molecular formula is C28H29ClF3N3O. The molecule has 3 unspecified atom stereocenters. The highest BCUT2D eigenvalue weighted by molar-refractivity contribution is 6.30. The van der Waals surface area contributed by atoms with Crippen molar-refractivity contribution in [3.8, 4) is 5.75 Å². The predicted octanol–water partition coefficient (Wildman–Crippen LogP) is 6.18. The number of hydrogen-bond acceptors (Lipinski definition) is 4. The maximum Gasteiger partial charge on any atom is 0.419 e. The number of hydrogen-bond donors (Lipinski definition) is 0. The van der Waals surface area contributed by atoms with Crippen LogP contribution in [0.15, 0.2) is 72.9 Å². The molecule has 4 nitrogen and oxygen atoms in total. The number of para-hydroxylation sites is 1. The summed E-state index contributed by atoms with van der Waals surface area (Å²) in [6, 6.07) is 19.5. The van der Waals surface area contributed by atoms with E-state index in [0.717, 1.165) is 44.4 Å². The Hall–Kier alpha value is -2.61. The molecule has 0 bridgehead atoms. The molecule has 5 rings (SSSR count). The van der Waals surface area contributed by atoms with Crippen LogP contribution in [0.25, 0.3) is 0 Å².